The second kappa shape index (κ2) is 7.87. The van der Waals surface area contributed by atoms with Crippen molar-refractivity contribution in [3.63, 3.8) is 0 Å². The van der Waals surface area contributed by atoms with Crippen LogP contribution in [0.3, 0.4) is 0 Å². The molecule has 160 valence electrons. The molecule has 1 aromatic heterocycles. The smallest absolute Gasteiger partial charge is 0.261 e. The standard InChI is InChI=1S/C23H32N6O/c1-14(2)29-10-8-16(9-11-29)25-22-24-13-17-20(28-22)26-18-7-6-15(23(3,4)5)12-19(18)27-21(17)30/h6-7,12-14,16H,8-11H2,1-5H3,(H,27,30)(H2,24,25,26,28). The second-order valence-corrected chi connectivity index (χ2v) is 9.59. The minimum Gasteiger partial charge on any atom is -0.351 e. The van der Waals surface area contributed by atoms with E-state index in [9.17, 15) is 4.79 Å². The Morgan fingerprint density at radius 1 is 1.13 bits per heavy atom. The predicted molar refractivity (Wildman–Crippen MR) is 122 cm³/mol. The first-order valence-electron chi connectivity index (χ1n) is 10.8. The van der Waals surface area contributed by atoms with Gasteiger partial charge in [-0.2, -0.15) is 4.98 Å². The van der Waals surface area contributed by atoms with E-state index in [0.29, 0.717) is 29.4 Å². The first-order chi connectivity index (χ1) is 14.2. The highest BCUT2D eigenvalue weighted by Gasteiger charge is 2.25. The third kappa shape index (κ3) is 4.26. The number of benzene rings is 1. The Morgan fingerprint density at radius 3 is 2.53 bits per heavy atom. The van der Waals surface area contributed by atoms with Crippen LogP contribution in [0.15, 0.2) is 24.4 Å². The zero-order valence-electron chi connectivity index (χ0n) is 18.5. The van der Waals surface area contributed by atoms with E-state index >= 15 is 0 Å². The van der Waals surface area contributed by atoms with Crippen molar-refractivity contribution in [2.24, 2.45) is 0 Å². The molecular formula is C23H32N6O. The van der Waals surface area contributed by atoms with Crippen LogP contribution in [-0.4, -0.2) is 45.9 Å². The number of anilines is 4. The van der Waals surface area contributed by atoms with Crippen molar-refractivity contribution in [1.29, 1.82) is 0 Å². The van der Waals surface area contributed by atoms with Gasteiger partial charge in [0, 0.05) is 31.4 Å². The van der Waals surface area contributed by atoms with Gasteiger partial charge >= 0.3 is 0 Å². The number of aromatic nitrogens is 2. The number of fused-ring (bicyclic) bond motifs is 2. The van der Waals surface area contributed by atoms with Crippen molar-refractivity contribution in [2.45, 2.75) is 65.0 Å². The van der Waals surface area contributed by atoms with E-state index in [1.165, 1.54) is 0 Å². The predicted octanol–water partition coefficient (Wildman–Crippen LogP) is 4.37. The van der Waals surface area contributed by atoms with Crippen molar-refractivity contribution < 1.29 is 4.79 Å². The average molecular weight is 409 g/mol. The molecule has 0 saturated carbocycles. The molecule has 0 unspecified atom stereocenters. The molecule has 2 aliphatic rings. The quantitative estimate of drug-likeness (QED) is 0.700. The molecule has 0 radical (unpaired) electrons. The van der Waals surface area contributed by atoms with Crippen LogP contribution in [0.2, 0.25) is 0 Å². The lowest BCUT2D eigenvalue weighted by molar-refractivity contribution is 0.102. The maximum Gasteiger partial charge on any atom is 0.261 e. The molecule has 0 atom stereocenters. The number of nitrogens with zero attached hydrogens (tertiary/aromatic N) is 3. The lowest BCUT2D eigenvalue weighted by Gasteiger charge is -2.34. The van der Waals surface area contributed by atoms with Crippen LogP contribution in [0.1, 0.15) is 63.4 Å². The summed E-state index contributed by atoms with van der Waals surface area (Å²) < 4.78 is 0. The Kier molecular flexibility index (Phi) is 5.40. The Morgan fingerprint density at radius 2 is 1.87 bits per heavy atom. The monoisotopic (exact) mass is 408 g/mol. The highest BCUT2D eigenvalue weighted by atomic mass is 16.1. The third-order valence-electron chi connectivity index (χ3n) is 6.01. The number of piperidine rings is 1. The van der Waals surface area contributed by atoms with Gasteiger partial charge in [-0.25, -0.2) is 4.98 Å². The molecule has 2 aromatic rings. The molecule has 0 spiro atoms. The Bertz CT molecular complexity index is 941. The molecule has 7 nitrogen and oxygen atoms in total. The van der Waals surface area contributed by atoms with E-state index in [-0.39, 0.29) is 11.3 Å². The second-order valence-electron chi connectivity index (χ2n) is 9.59. The van der Waals surface area contributed by atoms with Crippen LogP contribution in [0.25, 0.3) is 0 Å². The van der Waals surface area contributed by atoms with Crippen molar-refractivity contribution >= 4 is 29.0 Å². The first kappa shape index (κ1) is 20.6. The van der Waals surface area contributed by atoms with E-state index < -0.39 is 0 Å². The molecule has 3 heterocycles. The summed E-state index contributed by atoms with van der Waals surface area (Å²) in [5.74, 6) is 0.901. The van der Waals surface area contributed by atoms with Gasteiger partial charge in [0.15, 0.2) is 0 Å². The highest BCUT2D eigenvalue weighted by Crippen LogP contribution is 2.35. The maximum absolute atomic E-state index is 12.8. The minimum atomic E-state index is -0.195. The normalized spacial score (nSPS) is 17.6. The average Bonchev–Trinajstić information content (AvgIpc) is 2.82. The summed E-state index contributed by atoms with van der Waals surface area (Å²) in [5.41, 5.74) is 3.21. The fourth-order valence-corrected chi connectivity index (χ4v) is 4.00. The summed E-state index contributed by atoms with van der Waals surface area (Å²) in [6, 6.07) is 7.05. The van der Waals surface area contributed by atoms with Crippen molar-refractivity contribution in [3.8, 4) is 0 Å². The van der Waals surface area contributed by atoms with Gasteiger partial charge in [0.05, 0.1) is 11.4 Å². The number of hydrogen-bond donors (Lipinski definition) is 3. The molecule has 30 heavy (non-hydrogen) atoms. The molecule has 3 N–H and O–H groups in total. The fraction of sp³-hybridized carbons (Fsp3) is 0.522. The van der Waals surface area contributed by atoms with Crippen LogP contribution >= 0.6 is 0 Å². The molecule has 2 aliphatic heterocycles. The van der Waals surface area contributed by atoms with Gasteiger partial charge < -0.3 is 20.9 Å². The van der Waals surface area contributed by atoms with E-state index in [1.807, 2.05) is 12.1 Å². The minimum absolute atomic E-state index is 0.000946. The van der Waals surface area contributed by atoms with Crippen LogP contribution in [0, 0.1) is 0 Å². The molecule has 0 aliphatic carbocycles. The number of nitrogens with one attached hydrogen (secondary N) is 3. The van der Waals surface area contributed by atoms with Crippen molar-refractivity contribution in [2.75, 3.05) is 29.0 Å². The van der Waals surface area contributed by atoms with E-state index in [2.05, 4.69) is 71.5 Å². The van der Waals surface area contributed by atoms with Crippen LogP contribution in [0.5, 0.6) is 0 Å². The molecule has 1 fully saturated rings. The number of carbonyl (C=O) groups excluding carboxylic acids is 1. The molecule has 1 saturated heterocycles. The van der Waals surface area contributed by atoms with Gasteiger partial charge in [-0.1, -0.05) is 26.8 Å². The van der Waals surface area contributed by atoms with Crippen LogP contribution in [0.4, 0.5) is 23.1 Å². The maximum atomic E-state index is 12.8. The Labute approximate surface area is 178 Å². The number of rotatable bonds is 3. The molecule has 4 rings (SSSR count). The van der Waals surface area contributed by atoms with E-state index in [0.717, 1.165) is 42.9 Å². The first-order valence-corrected chi connectivity index (χ1v) is 10.8. The number of hydrogen-bond acceptors (Lipinski definition) is 6. The lowest BCUT2D eigenvalue weighted by atomic mass is 9.86. The molecule has 0 bridgehead atoms. The van der Waals surface area contributed by atoms with Gasteiger partial charge in [-0.3, -0.25) is 4.79 Å². The third-order valence-corrected chi connectivity index (χ3v) is 6.01. The van der Waals surface area contributed by atoms with Crippen LogP contribution < -0.4 is 16.0 Å². The van der Waals surface area contributed by atoms with Crippen molar-refractivity contribution in [3.05, 3.63) is 35.5 Å². The Hall–Kier alpha value is -2.67. The summed E-state index contributed by atoms with van der Waals surface area (Å²) in [6.45, 7) is 13.1. The highest BCUT2D eigenvalue weighted by molar-refractivity contribution is 6.11. The van der Waals surface area contributed by atoms with Gasteiger partial charge in [0.1, 0.15) is 11.4 Å². The largest absolute Gasteiger partial charge is 0.351 e. The summed E-state index contributed by atoms with van der Waals surface area (Å²) in [6.07, 6.45) is 3.72. The van der Waals surface area contributed by atoms with Gasteiger partial charge in [0.25, 0.3) is 5.91 Å². The molecule has 7 heteroatoms. The number of likely N-dealkylation sites (tertiary alicyclic amines) is 1. The fourth-order valence-electron chi connectivity index (χ4n) is 4.00. The number of amides is 1. The van der Waals surface area contributed by atoms with Gasteiger partial charge in [-0.15, -0.1) is 0 Å². The summed E-state index contributed by atoms with van der Waals surface area (Å²) in [7, 11) is 0. The molecular weight excluding hydrogens is 376 g/mol. The van der Waals surface area contributed by atoms with Gasteiger partial charge in [-0.05, 0) is 49.8 Å². The SMILES string of the molecule is CC(C)N1CCC(Nc2ncc3c(n2)Nc2ccc(C(C)(C)C)cc2NC3=O)CC1. The summed E-state index contributed by atoms with van der Waals surface area (Å²) >= 11 is 0. The van der Waals surface area contributed by atoms with Crippen molar-refractivity contribution in [1.82, 2.24) is 14.9 Å². The van der Waals surface area contributed by atoms with Gasteiger partial charge in [0.2, 0.25) is 5.95 Å². The summed E-state index contributed by atoms with van der Waals surface area (Å²) in [5, 5.41) is 9.79. The zero-order valence-corrected chi connectivity index (χ0v) is 18.5. The number of carbonyl (C=O) groups is 1. The topological polar surface area (TPSA) is 82.2 Å². The van der Waals surface area contributed by atoms with Crippen LogP contribution in [-0.2, 0) is 5.41 Å². The zero-order chi connectivity index (χ0) is 21.5. The van der Waals surface area contributed by atoms with E-state index in [4.69, 9.17) is 0 Å². The summed E-state index contributed by atoms with van der Waals surface area (Å²) in [4.78, 5) is 24.3. The molecule has 1 amide bonds. The Balaban J connectivity index is 1.53. The lowest BCUT2D eigenvalue weighted by Crippen LogP contribution is -2.42. The molecule has 1 aromatic carbocycles. The van der Waals surface area contributed by atoms with E-state index in [1.54, 1.807) is 6.20 Å².